The zero-order valence-electron chi connectivity index (χ0n) is 14.6. The number of nitrogens with zero attached hydrogens (tertiary/aromatic N) is 1. The fraction of sp³-hybridized carbons (Fsp3) is 0.706. The number of hydrogen-bond acceptors (Lipinski definition) is 5. The van der Waals surface area contributed by atoms with Gasteiger partial charge < -0.3 is 19.8 Å². The Bertz CT molecular complexity index is 397. The summed E-state index contributed by atoms with van der Waals surface area (Å²) in [4.78, 5) is 32.6. The highest BCUT2D eigenvalue weighted by Gasteiger charge is 2.15. The largest absolute Gasteiger partial charge is 0.478 e. The van der Waals surface area contributed by atoms with E-state index in [1.54, 1.807) is 0 Å². The van der Waals surface area contributed by atoms with Gasteiger partial charge in [-0.25, -0.2) is 9.59 Å². The lowest BCUT2D eigenvalue weighted by Gasteiger charge is -2.20. The maximum atomic E-state index is 11.4. The highest BCUT2D eigenvalue weighted by atomic mass is 16.5. The summed E-state index contributed by atoms with van der Waals surface area (Å²) in [6.45, 7) is 1.34. The minimum atomic E-state index is -1.26. The van der Waals surface area contributed by atoms with Crippen molar-refractivity contribution in [3.63, 3.8) is 0 Å². The molecule has 0 aliphatic heterocycles. The van der Waals surface area contributed by atoms with Crippen LogP contribution < -0.4 is 0 Å². The molecule has 0 aromatic carbocycles. The molecule has 7 heteroatoms. The van der Waals surface area contributed by atoms with Crippen molar-refractivity contribution in [3.05, 3.63) is 12.2 Å². The smallest absolute Gasteiger partial charge is 0.328 e. The number of esters is 1. The Morgan fingerprint density at radius 2 is 1.58 bits per heavy atom. The van der Waals surface area contributed by atoms with E-state index in [1.165, 1.54) is 32.1 Å². The Morgan fingerprint density at radius 3 is 2.04 bits per heavy atom. The van der Waals surface area contributed by atoms with E-state index in [2.05, 4.69) is 0 Å². The molecule has 1 aliphatic carbocycles. The average molecular weight is 343 g/mol. The molecule has 24 heavy (non-hydrogen) atoms. The number of hydrogen-bond donors (Lipinski definition) is 2. The molecular formula is C17H29NO6. The second-order valence-corrected chi connectivity index (χ2v) is 6.08. The van der Waals surface area contributed by atoms with Crippen LogP contribution in [0.1, 0.15) is 44.9 Å². The summed E-state index contributed by atoms with van der Waals surface area (Å²) in [5.74, 6) is -1.76. The number of carboxylic acids is 2. The molecule has 0 unspecified atom stereocenters. The van der Waals surface area contributed by atoms with Crippen LogP contribution in [0, 0.1) is 5.92 Å². The van der Waals surface area contributed by atoms with Crippen molar-refractivity contribution >= 4 is 17.9 Å². The van der Waals surface area contributed by atoms with Crippen molar-refractivity contribution in [2.45, 2.75) is 44.9 Å². The van der Waals surface area contributed by atoms with E-state index in [4.69, 9.17) is 14.9 Å². The molecule has 0 radical (unpaired) electrons. The van der Waals surface area contributed by atoms with E-state index in [1.807, 2.05) is 19.0 Å². The van der Waals surface area contributed by atoms with E-state index in [-0.39, 0.29) is 5.97 Å². The maximum absolute atomic E-state index is 11.4. The summed E-state index contributed by atoms with van der Waals surface area (Å²) in [5, 5.41) is 15.6. The van der Waals surface area contributed by atoms with E-state index < -0.39 is 11.9 Å². The first-order valence-corrected chi connectivity index (χ1v) is 8.25. The summed E-state index contributed by atoms with van der Waals surface area (Å²) < 4.78 is 5.16. The lowest BCUT2D eigenvalue weighted by atomic mass is 9.86. The van der Waals surface area contributed by atoms with Gasteiger partial charge in [0.15, 0.2) is 0 Å². The topological polar surface area (TPSA) is 104 Å². The number of aliphatic carboxylic acids is 2. The Kier molecular flexibility index (Phi) is 12.5. The van der Waals surface area contributed by atoms with Crippen LogP contribution in [0.3, 0.4) is 0 Å². The molecule has 138 valence electrons. The predicted molar refractivity (Wildman–Crippen MR) is 89.7 cm³/mol. The zero-order chi connectivity index (χ0) is 18.4. The number of carboxylic acid groups (broad SMARTS) is 2. The first-order valence-electron chi connectivity index (χ1n) is 8.25. The zero-order valence-corrected chi connectivity index (χ0v) is 14.6. The molecule has 0 atom stereocenters. The second kappa shape index (κ2) is 13.5. The van der Waals surface area contributed by atoms with Gasteiger partial charge in [0.05, 0.1) is 0 Å². The lowest BCUT2D eigenvalue weighted by molar-refractivity contribution is -0.144. The number of carbonyl (C=O) groups is 3. The molecule has 0 heterocycles. The minimum Gasteiger partial charge on any atom is -0.478 e. The Hall–Kier alpha value is -1.89. The molecule has 1 rings (SSSR count). The van der Waals surface area contributed by atoms with Gasteiger partial charge in [-0.1, -0.05) is 32.1 Å². The van der Waals surface area contributed by atoms with Gasteiger partial charge in [0.25, 0.3) is 0 Å². The molecule has 2 N–H and O–H groups in total. The molecule has 1 aliphatic rings. The van der Waals surface area contributed by atoms with Crippen LogP contribution in [-0.2, 0) is 19.1 Å². The van der Waals surface area contributed by atoms with Gasteiger partial charge in [-0.2, -0.15) is 0 Å². The van der Waals surface area contributed by atoms with Crippen molar-refractivity contribution in [2.75, 3.05) is 27.2 Å². The van der Waals surface area contributed by atoms with Crippen LogP contribution in [0.5, 0.6) is 0 Å². The van der Waals surface area contributed by atoms with E-state index in [0.717, 1.165) is 18.9 Å². The highest BCUT2D eigenvalue weighted by molar-refractivity contribution is 5.89. The van der Waals surface area contributed by atoms with Gasteiger partial charge in [-0.3, -0.25) is 4.79 Å². The normalized spacial score (nSPS) is 15.0. The third kappa shape index (κ3) is 15.0. The number of carbonyl (C=O) groups excluding carboxylic acids is 1. The fourth-order valence-corrected chi connectivity index (χ4v) is 2.35. The van der Waals surface area contributed by atoms with Crippen molar-refractivity contribution in [1.82, 2.24) is 4.90 Å². The number of rotatable bonds is 8. The SMILES string of the molecule is CN(C)CCOC(=O)CCC1CCCCC1.O=C(O)/C=C\C(=O)O. The predicted octanol–water partition coefficient (Wildman–Crippen LogP) is 2.16. The van der Waals surface area contributed by atoms with Crippen LogP contribution in [-0.4, -0.2) is 60.3 Å². The first kappa shape index (κ1) is 22.1. The number of likely N-dealkylation sites (N-methyl/N-ethyl adjacent to an activating group) is 1. The summed E-state index contributed by atoms with van der Waals surface area (Å²) in [6.07, 6.45) is 9.45. The fourth-order valence-electron chi connectivity index (χ4n) is 2.35. The van der Waals surface area contributed by atoms with Gasteiger partial charge in [0.1, 0.15) is 6.61 Å². The van der Waals surface area contributed by atoms with Gasteiger partial charge in [0.2, 0.25) is 0 Å². The van der Waals surface area contributed by atoms with Gasteiger partial charge in [-0.05, 0) is 26.4 Å². The Morgan fingerprint density at radius 1 is 1.04 bits per heavy atom. The highest BCUT2D eigenvalue weighted by Crippen LogP contribution is 2.27. The molecule has 0 aromatic heterocycles. The summed E-state index contributed by atoms with van der Waals surface area (Å²) in [5.41, 5.74) is 0. The standard InChI is InChI=1S/C13H25NO2.C4H4O4/c1-14(2)10-11-16-13(15)9-8-12-6-4-3-5-7-12;5-3(6)1-2-4(7)8/h12H,3-11H2,1-2H3;1-2H,(H,5,6)(H,7,8)/b;2-1-. The number of ether oxygens (including phenoxy) is 1. The third-order valence-corrected chi connectivity index (χ3v) is 3.65. The second-order valence-electron chi connectivity index (χ2n) is 6.08. The van der Waals surface area contributed by atoms with E-state index in [0.29, 0.717) is 25.2 Å². The molecule has 0 saturated heterocycles. The van der Waals surface area contributed by atoms with Crippen molar-refractivity contribution in [2.24, 2.45) is 5.92 Å². The van der Waals surface area contributed by atoms with Crippen molar-refractivity contribution < 1.29 is 29.3 Å². The molecule has 0 aromatic rings. The summed E-state index contributed by atoms with van der Waals surface area (Å²) in [7, 11) is 3.96. The minimum absolute atomic E-state index is 0.0209. The molecule has 0 amide bonds. The Labute approximate surface area is 143 Å². The monoisotopic (exact) mass is 343 g/mol. The molecular weight excluding hydrogens is 314 g/mol. The van der Waals surface area contributed by atoms with Crippen molar-refractivity contribution in [1.29, 1.82) is 0 Å². The van der Waals surface area contributed by atoms with Crippen LogP contribution >= 0.6 is 0 Å². The summed E-state index contributed by atoms with van der Waals surface area (Å²) in [6, 6.07) is 0. The summed E-state index contributed by atoms with van der Waals surface area (Å²) >= 11 is 0. The van der Waals surface area contributed by atoms with E-state index >= 15 is 0 Å². The van der Waals surface area contributed by atoms with E-state index in [9.17, 15) is 14.4 Å². The van der Waals surface area contributed by atoms with Crippen LogP contribution in [0.2, 0.25) is 0 Å². The molecule has 1 fully saturated rings. The van der Waals surface area contributed by atoms with Gasteiger partial charge in [-0.15, -0.1) is 0 Å². The van der Waals surface area contributed by atoms with Gasteiger partial charge >= 0.3 is 17.9 Å². The average Bonchev–Trinajstić information content (AvgIpc) is 2.52. The lowest BCUT2D eigenvalue weighted by Crippen LogP contribution is -2.20. The molecule has 0 spiro atoms. The van der Waals surface area contributed by atoms with Crippen molar-refractivity contribution in [3.8, 4) is 0 Å². The molecule has 0 bridgehead atoms. The molecule has 1 saturated carbocycles. The maximum Gasteiger partial charge on any atom is 0.328 e. The van der Waals surface area contributed by atoms with Crippen LogP contribution in [0.4, 0.5) is 0 Å². The van der Waals surface area contributed by atoms with Crippen LogP contribution in [0.25, 0.3) is 0 Å². The van der Waals surface area contributed by atoms with Crippen LogP contribution in [0.15, 0.2) is 12.2 Å². The first-order chi connectivity index (χ1) is 11.3. The molecule has 7 nitrogen and oxygen atoms in total. The Balaban J connectivity index is 0.000000561. The van der Waals surface area contributed by atoms with Gasteiger partial charge in [0, 0.05) is 25.1 Å². The third-order valence-electron chi connectivity index (χ3n) is 3.65. The quantitative estimate of drug-likeness (QED) is 0.514.